The van der Waals surface area contributed by atoms with Gasteiger partial charge < -0.3 is 80.6 Å². The first kappa shape index (κ1) is 35.1. The highest BCUT2D eigenvalue weighted by Crippen LogP contribution is 2.58. The molecule has 5 aromatic carbocycles. The van der Waals surface area contributed by atoms with Gasteiger partial charge >= 0.3 is 5.97 Å². The van der Waals surface area contributed by atoms with E-state index in [0.717, 1.165) is 54.6 Å². The van der Waals surface area contributed by atoms with Crippen molar-refractivity contribution in [2.75, 3.05) is 0 Å². The maximum absolute atomic E-state index is 13.4. The van der Waals surface area contributed by atoms with Crippen LogP contribution in [0.15, 0.2) is 60.7 Å². The molecule has 5 unspecified atom stereocenters. The highest BCUT2D eigenvalue weighted by Gasteiger charge is 2.47. The summed E-state index contributed by atoms with van der Waals surface area (Å²) in [4.78, 5) is 13.4. The van der Waals surface area contributed by atoms with E-state index in [4.69, 9.17) is 14.2 Å². The number of fused-ring (bicyclic) bond motifs is 2. The van der Waals surface area contributed by atoms with Crippen LogP contribution >= 0.6 is 0 Å². The summed E-state index contributed by atoms with van der Waals surface area (Å²) in [7, 11) is 0. The third-order valence-electron chi connectivity index (χ3n) is 9.31. The Balaban J connectivity index is 1.40. The van der Waals surface area contributed by atoms with Gasteiger partial charge in [0.05, 0.1) is 11.5 Å². The SMILES string of the molecule is O=C(OC1Cc2c(O)cc(O)c(C3c4c(O)cc(O)cc4OC(c4cc(O)c(O)c(O)c4)C3O)c2OC1c1ccc(O)c(O)c1)c1cc(O)c(O)c(O)c1. The second kappa shape index (κ2) is 12.7. The van der Waals surface area contributed by atoms with Crippen LogP contribution in [-0.2, 0) is 11.2 Å². The molecule has 17 nitrogen and oxygen atoms in total. The van der Waals surface area contributed by atoms with Gasteiger partial charge in [-0.2, -0.15) is 0 Å². The van der Waals surface area contributed by atoms with Crippen LogP contribution in [0, 0.1) is 0 Å². The first-order chi connectivity index (χ1) is 25.5. The van der Waals surface area contributed by atoms with Crippen molar-refractivity contribution in [3.8, 4) is 80.5 Å². The topological polar surface area (TPSA) is 308 Å². The predicted octanol–water partition coefficient (Wildman–Crippen LogP) is 3.68. The van der Waals surface area contributed by atoms with Crippen molar-refractivity contribution in [1.29, 1.82) is 0 Å². The Hall–Kier alpha value is -7.27. The van der Waals surface area contributed by atoms with Crippen LogP contribution in [0.1, 0.15) is 56.3 Å². The molecular weight excluding hydrogens is 716 g/mol. The molecule has 0 bridgehead atoms. The van der Waals surface area contributed by atoms with Gasteiger partial charge in [-0.15, -0.1) is 0 Å². The van der Waals surface area contributed by atoms with Crippen molar-refractivity contribution in [2.45, 2.75) is 36.8 Å². The van der Waals surface area contributed by atoms with Crippen molar-refractivity contribution >= 4 is 5.97 Å². The molecule has 0 aliphatic carbocycles. The lowest BCUT2D eigenvalue weighted by atomic mass is 9.77. The van der Waals surface area contributed by atoms with E-state index in [2.05, 4.69) is 0 Å². The van der Waals surface area contributed by atoms with Crippen LogP contribution < -0.4 is 9.47 Å². The number of rotatable bonds is 5. The minimum absolute atomic E-state index is 0.0764. The number of ether oxygens (including phenoxy) is 3. The molecule has 0 spiro atoms. The van der Waals surface area contributed by atoms with Gasteiger partial charge in [-0.05, 0) is 36.4 Å². The van der Waals surface area contributed by atoms with Gasteiger partial charge in [0.1, 0.15) is 46.7 Å². The zero-order valence-corrected chi connectivity index (χ0v) is 27.3. The van der Waals surface area contributed by atoms with Gasteiger partial charge in [-0.3, -0.25) is 0 Å². The molecule has 13 N–H and O–H groups in total. The largest absolute Gasteiger partial charge is 0.508 e. The Morgan fingerprint density at radius 1 is 0.574 bits per heavy atom. The van der Waals surface area contributed by atoms with Crippen molar-refractivity contribution < 1.29 is 85.4 Å². The molecule has 2 aliphatic heterocycles. The number of esters is 1. The fraction of sp³-hybridized carbons (Fsp3) is 0.162. The van der Waals surface area contributed by atoms with E-state index in [9.17, 15) is 71.2 Å². The Labute approximate surface area is 302 Å². The van der Waals surface area contributed by atoms with Crippen LogP contribution in [0.2, 0.25) is 0 Å². The first-order valence-corrected chi connectivity index (χ1v) is 15.9. The van der Waals surface area contributed by atoms with E-state index in [0.29, 0.717) is 0 Å². The van der Waals surface area contributed by atoms with Gasteiger partial charge in [0.25, 0.3) is 0 Å². The molecule has 0 fully saturated rings. The highest BCUT2D eigenvalue weighted by molar-refractivity contribution is 5.91. The van der Waals surface area contributed by atoms with Crippen LogP contribution in [0.25, 0.3) is 0 Å². The van der Waals surface area contributed by atoms with E-state index < -0.39 is 117 Å². The number of phenolic OH excluding ortho intramolecular Hbond substituents is 12. The van der Waals surface area contributed by atoms with Crippen molar-refractivity contribution in [3.05, 3.63) is 94.0 Å². The molecule has 0 amide bonds. The second-order valence-corrected chi connectivity index (χ2v) is 12.7. The van der Waals surface area contributed by atoms with E-state index in [-0.39, 0.29) is 39.3 Å². The molecule has 17 heteroatoms. The molecule has 280 valence electrons. The zero-order chi connectivity index (χ0) is 38.9. The summed E-state index contributed by atoms with van der Waals surface area (Å²) >= 11 is 0. The van der Waals surface area contributed by atoms with Gasteiger partial charge in [0.2, 0.25) is 0 Å². The molecule has 7 rings (SSSR count). The lowest BCUT2D eigenvalue weighted by molar-refractivity contribution is -0.0210. The Morgan fingerprint density at radius 3 is 1.80 bits per heavy atom. The van der Waals surface area contributed by atoms with E-state index in [1.165, 1.54) is 6.07 Å². The molecule has 5 aromatic rings. The summed E-state index contributed by atoms with van der Waals surface area (Å²) < 4.78 is 18.0. The number of aromatic hydroxyl groups is 12. The molecule has 0 saturated heterocycles. The number of phenols is 12. The van der Waals surface area contributed by atoms with Gasteiger partial charge in [0.15, 0.2) is 58.2 Å². The summed E-state index contributed by atoms with van der Waals surface area (Å²) in [5.74, 6) is -11.7. The first-order valence-electron chi connectivity index (χ1n) is 15.9. The van der Waals surface area contributed by atoms with E-state index in [1.807, 2.05) is 0 Å². The lowest BCUT2D eigenvalue weighted by Gasteiger charge is -2.40. The average molecular weight is 747 g/mol. The summed E-state index contributed by atoms with van der Waals surface area (Å²) in [5, 5.41) is 137. The van der Waals surface area contributed by atoms with Crippen LogP contribution in [0.5, 0.6) is 80.5 Å². The van der Waals surface area contributed by atoms with Crippen molar-refractivity contribution in [1.82, 2.24) is 0 Å². The molecule has 0 saturated carbocycles. The Bertz CT molecular complexity index is 2310. The standard InChI is InChI=1S/C37H30O17/c38-15-8-20(42)28-26(9-15)52-35(13-4-22(44)31(48)23(45)5-13)33(50)30(28)29-21(43)11-18(40)16-10-27(53-37(51)14-6-24(46)32(49)25(47)7-14)34(54-36(16)29)12-1-2-17(39)19(41)3-12/h1-9,11,27,30,33-35,38-50H,10H2. The van der Waals surface area contributed by atoms with Crippen LogP contribution in [-0.4, -0.2) is 84.6 Å². The monoisotopic (exact) mass is 746 g/mol. The number of carbonyl (C=O) groups excluding carboxylic acids is 1. The number of aliphatic hydroxyl groups excluding tert-OH is 1. The number of carbonyl (C=O) groups is 1. The van der Waals surface area contributed by atoms with Crippen molar-refractivity contribution in [3.63, 3.8) is 0 Å². The Morgan fingerprint density at radius 2 is 1.17 bits per heavy atom. The third-order valence-corrected chi connectivity index (χ3v) is 9.31. The normalized spacial score (nSPS) is 20.2. The number of hydrogen-bond donors (Lipinski definition) is 13. The highest BCUT2D eigenvalue weighted by atomic mass is 16.6. The minimum Gasteiger partial charge on any atom is -0.508 e. The molecule has 54 heavy (non-hydrogen) atoms. The quantitative estimate of drug-likeness (QED) is 0.0901. The van der Waals surface area contributed by atoms with Crippen molar-refractivity contribution in [2.24, 2.45) is 0 Å². The summed E-state index contributed by atoms with van der Waals surface area (Å²) in [5.41, 5.74) is -0.995. The third kappa shape index (κ3) is 5.77. The molecule has 0 radical (unpaired) electrons. The average Bonchev–Trinajstić information content (AvgIpc) is 3.10. The van der Waals surface area contributed by atoms with Crippen LogP contribution in [0.3, 0.4) is 0 Å². The van der Waals surface area contributed by atoms with E-state index >= 15 is 0 Å². The molecule has 2 heterocycles. The number of benzene rings is 5. The Kier molecular flexibility index (Phi) is 8.29. The lowest BCUT2D eigenvalue weighted by Crippen LogP contribution is -2.38. The summed E-state index contributed by atoms with van der Waals surface area (Å²) in [6, 6.07) is 10.0. The zero-order valence-electron chi connectivity index (χ0n) is 27.3. The fourth-order valence-electron chi connectivity index (χ4n) is 6.79. The summed E-state index contributed by atoms with van der Waals surface area (Å²) in [6.45, 7) is 0. The number of aliphatic hydroxyl groups is 1. The van der Waals surface area contributed by atoms with Crippen LogP contribution in [0.4, 0.5) is 0 Å². The molecule has 0 aromatic heterocycles. The predicted molar refractivity (Wildman–Crippen MR) is 180 cm³/mol. The minimum atomic E-state index is -1.83. The van der Waals surface area contributed by atoms with Gasteiger partial charge in [0, 0.05) is 52.4 Å². The maximum Gasteiger partial charge on any atom is 0.338 e. The van der Waals surface area contributed by atoms with Gasteiger partial charge in [-0.25, -0.2) is 4.79 Å². The maximum atomic E-state index is 13.4. The van der Waals surface area contributed by atoms with E-state index in [1.54, 1.807) is 0 Å². The smallest absolute Gasteiger partial charge is 0.338 e. The molecular formula is C37H30O17. The fourth-order valence-corrected chi connectivity index (χ4v) is 6.79. The number of hydrogen-bond acceptors (Lipinski definition) is 17. The molecule has 5 atom stereocenters. The summed E-state index contributed by atoms with van der Waals surface area (Å²) in [6.07, 6.45) is -6.60. The van der Waals surface area contributed by atoms with Gasteiger partial charge in [-0.1, -0.05) is 6.07 Å². The molecule has 2 aliphatic rings. The second-order valence-electron chi connectivity index (χ2n) is 12.7.